The molecule has 0 aromatic carbocycles. The Bertz CT molecular complexity index is 1350. The summed E-state index contributed by atoms with van der Waals surface area (Å²) in [4.78, 5) is 32.1. The van der Waals surface area contributed by atoms with Crippen LogP contribution in [0, 0.1) is 23.7 Å². The quantitative estimate of drug-likeness (QED) is 0.333. The third kappa shape index (κ3) is 5.63. The highest BCUT2D eigenvalue weighted by Crippen LogP contribution is 2.38. The molecule has 10 nitrogen and oxygen atoms in total. The Kier molecular flexibility index (Phi) is 7.86. The first-order chi connectivity index (χ1) is 19.4. The predicted molar refractivity (Wildman–Crippen MR) is 157 cm³/mol. The second-order valence-corrected chi connectivity index (χ2v) is 13.3. The molecule has 2 N–H and O–H groups in total. The maximum absolute atomic E-state index is 11.8. The van der Waals surface area contributed by atoms with Gasteiger partial charge in [0.15, 0.2) is 11.5 Å². The zero-order valence-electron chi connectivity index (χ0n) is 24.7. The second-order valence-electron chi connectivity index (χ2n) is 13.3. The third-order valence-electron chi connectivity index (χ3n) is 9.66. The molecule has 6 rings (SSSR count). The minimum absolute atomic E-state index is 0.235. The summed E-state index contributed by atoms with van der Waals surface area (Å²) in [5.41, 5.74) is 1.63. The Hall–Kier alpha value is -2.91. The van der Waals surface area contributed by atoms with E-state index in [-0.39, 0.29) is 11.9 Å². The molecule has 2 saturated carbocycles. The molecule has 0 amide bonds. The third-order valence-corrected chi connectivity index (χ3v) is 9.66. The highest BCUT2D eigenvalue weighted by atomic mass is 16.5. The van der Waals surface area contributed by atoms with Crippen LogP contribution < -0.4 is 16.0 Å². The molecule has 3 aromatic rings. The number of nitrogens with one attached hydrogen (secondary N) is 2. The second kappa shape index (κ2) is 11.5. The zero-order valence-corrected chi connectivity index (χ0v) is 24.7. The molecule has 0 spiro atoms. The Morgan fingerprint density at radius 3 is 2.48 bits per heavy atom. The molecular formula is C30H46N8O2. The summed E-state index contributed by atoms with van der Waals surface area (Å²) in [5.74, 6) is 4.45. The first-order valence-corrected chi connectivity index (χ1v) is 15.7. The van der Waals surface area contributed by atoms with Crippen LogP contribution in [0.2, 0.25) is 0 Å². The van der Waals surface area contributed by atoms with Crippen molar-refractivity contribution in [2.75, 3.05) is 16.8 Å². The molecule has 218 valence electrons. The van der Waals surface area contributed by atoms with Crippen molar-refractivity contribution in [3.63, 3.8) is 0 Å². The highest BCUT2D eigenvalue weighted by Gasteiger charge is 2.32. The summed E-state index contributed by atoms with van der Waals surface area (Å²) in [6.07, 6.45) is 13.6. The van der Waals surface area contributed by atoms with Gasteiger partial charge in [0.25, 0.3) is 0 Å². The molecular weight excluding hydrogens is 504 g/mol. The van der Waals surface area contributed by atoms with Crippen LogP contribution >= 0.6 is 0 Å². The molecule has 4 heterocycles. The van der Waals surface area contributed by atoms with E-state index in [1.54, 1.807) is 0 Å². The van der Waals surface area contributed by atoms with Crippen LogP contribution in [0.15, 0.2) is 9.32 Å². The summed E-state index contributed by atoms with van der Waals surface area (Å²) in [5, 5.41) is 7.67. The fourth-order valence-electron chi connectivity index (χ4n) is 7.05. The first kappa shape index (κ1) is 27.3. The van der Waals surface area contributed by atoms with Crippen LogP contribution in [0.4, 0.5) is 11.8 Å². The minimum atomic E-state index is -0.612. The van der Waals surface area contributed by atoms with E-state index in [1.807, 2.05) is 0 Å². The summed E-state index contributed by atoms with van der Waals surface area (Å²) < 4.78 is 7.25. The number of aromatic nitrogens is 6. The van der Waals surface area contributed by atoms with Gasteiger partial charge in [-0.15, -0.1) is 0 Å². The lowest BCUT2D eigenvalue weighted by molar-refractivity contribution is 0.265. The smallest absolute Gasteiger partial charge is 0.365 e. The number of hydrogen-bond acceptors (Lipinski definition) is 8. The Morgan fingerprint density at radius 1 is 1.00 bits per heavy atom. The average Bonchev–Trinajstić information content (AvgIpc) is 3.48. The molecule has 0 bridgehead atoms. The average molecular weight is 551 g/mol. The number of anilines is 2. The van der Waals surface area contributed by atoms with Gasteiger partial charge in [0.1, 0.15) is 5.52 Å². The number of piperidine rings is 1. The van der Waals surface area contributed by atoms with Gasteiger partial charge < -0.3 is 14.8 Å². The summed E-state index contributed by atoms with van der Waals surface area (Å²) in [7, 11) is 0. The number of fused-ring (bicyclic) bond motifs is 1. The van der Waals surface area contributed by atoms with Crippen molar-refractivity contribution in [3.05, 3.63) is 10.6 Å². The number of nitrogens with zero attached hydrogens (tertiary/aromatic N) is 6. The molecule has 40 heavy (non-hydrogen) atoms. The molecule has 3 aliphatic rings. The molecule has 0 radical (unpaired) electrons. The Labute approximate surface area is 236 Å². The van der Waals surface area contributed by atoms with E-state index in [2.05, 4.69) is 52.6 Å². The van der Waals surface area contributed by atoms with Gasteiger partial charge in [0, 0.05) is 25.2 Å². The Morgan fingerprint density at radius 2 is 1.80 bits per heavy atom. The molecule has 1 saturated heterocycles. The molecule has 2 aliphatic carbocycles. The van der Waals surface area contributed by atoms with Crippen LogP contribution in [0.1, 0.15) is 98.3 Å². The van der Waals surface area contributed by atoms with E-state index >= 15 is 0 Å². The monoisotopic (exact) mass is 550 g/mol. The van der Waals surface area contributed by atoms with E-state index in [1.165, 1.54) is 64.2 Å². The fraction of sp³-hybridized carbons (Fsp3) is 0.767. The number of rotatable bonds is 9. The fourth-order valence-corrected chi connectivity index (χ4v) is 7.05. The van der Waals surface area contributed by atoms with Crippen LogP contribution in [0.25, 0.3) is 22.8 Å². The topological polar surface area (TPSA) is 118 Å². The van der Waals surface area contributed by atoms with Crippen LogP contribution in [-0.2, 0) is 6.54 Å². The van der Waals surface area contributed by atoms with Crippen molar-refractivity contribution in [1.29, 1.82) is 0 Å². The van der Waals surface area contributed by atoms with Crippen molar-refractivity contribution in [2.24, 2.45) is 23.7 Å². The lowest BCUT2D eigenvalue weighted by atomic mass is 9.80. The molecule has 1 aliphatic heterocycles. The largest absolute Gasteiger partial charge is 0.439 e. The van der Waals surface area contributed by atoms with Gasteiger partial charge in [0.2, 0.25) is 17.6 Å². The lowest BCUT2D eigenvalue weighted by Gasteiger charge is -2.38. The molecule has 10 heteroatoms. The number of hydrogen-bond donors (Lipinski definition) is 2. The number of imidazole rings is 1. The molecule has 3 fully saturated rings. The Balaban J connectivity index is 1.48. The van der Waals surface area contributed by atoms with Gasteiger partial charge in [0.05, 0.1) is 0 Å². The normalized spacial score (nSPS) is 24.9. The summed E-state index contributed by atoms with van der Waals surface area (Å²) in [6, 6.07) is 0.752. The molecule has 3 aromatic heterocycles. The van der Waals surface area contributed by atoms with Crippen molar-refractivity contribution < 1.29 is 4.52 Å². The van der Waals surface area contributed by atoms with Crippen molar-refractivity contribution in [2.45, 2.75) is 117 Å². The van der Waals surface area contributed by atoms with Gasteiger partial charge in [-0.25, -0.2) is 14.8 Å². The van der Waals surface area contributed by atoms with E-state index in [4.69, 9.17) is 19.5 Å². The van der Waals surface area contributed by atoms with Gasteiger partial charge in [-0.05, 0) is 82.0 Å². The standard InChI is InChI=1S/C30H46N8O2/c1-18(2)16-23-10-5-6-15-37(23)29-34-26-24(38(29)17-21-13-11-19(3)12-14-21)25(31-20(4)22-8-7-9-22)32-27(33-26)28-35-30(39)40-36-28/h18-23H,5-17H2,1-4H3,(H,31,32,33)(H,35,36,39)/t19-,20-,21-,23+/m1/s1. The lowest BCUT2D eigenvalue weighted by Crippen LogP contribution is -2.42. The van der Waals surface area contributed by atoms with Crippen LogP contribution in [0.5, 0.6) is 0 Å². The summed E-state index contributed by atoms with van der Waals surface area (Å²) >= 11 is 0. The van der Waals surface area contributed by atoms with Gasteiger partial charge in [-0.1, -0.05) is 45.2 Å². The molecule has 0 unspecified atom stereocenters. The molecule has 2 atom stereocenters. The summed E-state index contributed by atoms with van der Waals surface area (Å²) in [6.45, 7) is 11.2. The van der Waals surface area contributed by atoms with Gasteiger partial charge in [-0.2, -0.15) is 4.98 Å². The van der Waals surface area contributed by atoms with E-state index < -0.39 is 5.76 Å². The minimum Gasteiger partial charge on any atom is -0.365 e. The van der Waals surface area contributed by atoms with Crippen molar-refractivity contribution >= 4 is 22.9 Å². The predicted octanol–water partition coefficient (Wildman–Crippen LogP) is 6.00. The van der Waals surface area contributed by atoms with E-state index in [9.17, 15) is 4.79 Å². The maximum Gasteiger partial charge on any atom is 0.439 e. The number of aromatic amines is 1. The number of H-pyrrole nitrogens is 1. The maximum atomic E-state index is 11.8. The van der Waals surface area contributed by atoms with Crippen molar-refractivity contribution in [3.8, 4) is 11.6 Å². The van der Waals surface area contributed by atoms with Crippen molar-refractivity contribution in [1.82, 2.24) is 29.7 Å². The SMILES string of the molecule is CC(C)C[C@@H]1CCCCN1c1nc2nc(-c3noc(=O)[nH]3)nc(N[C@H](C)C3CCC3)c2n1C[C@H]1CC[C@H](C)CC1. The van der Waals surface area contributed by atoms with Gasteiger partial charge >= 0.3 is 5.76 Å². The van der Waals surface area contributed by atoms with Gasteiger partial charge in [-0.3, -0.25) is 9.51 Å². The van der Waals surface area contributed by atoms with Crippen LogP contribution in [0.3, 0.4) is 0 Å². The highest BCUT2D eigenvalue weighted by molar-refractivity contribution is 5.87. The van der Waals surface area contributed by atoms with Crippen LogP contribution in [-0.4, -0.2) is 48.3 Å². The first-order valence-electron chi connectivity index (χ1n) is 15.7. The van der Waals surface area contributed by atoms with E-state index in [0.717, 1.165) is 42.7 Å². The van der Waals surface area contributed by atoms with E-state index in [0.29, 0.717) is 35.3 Å². The zero-order chi connectivity index (χ0) is 27.8.